The largest absolute Gasteiger partial charge is 0.313 e. The third-order valence-corrected chi connectivity index (χ3v) is 3.69. The summed E-state index contributed by atoms with van der Waals surface area (Å²) in [5.41, 5.74) is 6.99. The van der Waals surface area contributed by atoms with Gasteiger partial charge in [-0.2, -0.15) is 0 Å². The van der Waals surface area contributed by atoms with Crippen molar-refractivity contribution < 1.29 is 0 Å². The third-order valence-electron chi connectivity index (χ3n) is 3.69. The molecule has 1 rings (SSSR count). The summed E-state index contributed by atoms with van der Waals surface area (Å²) in [6.45, 7) is 17.7. The van der Waals surface area contributed by atoms with E-state index in [0.29, 0.717) is 11.8 Å². The van der Waals surface area contributed by atoms with Gasteiger partial charge in [0.1, 0.15) is 0 Å². The molecule has 20 heavy (non-hydrogen) atoms. The Hall–Kier alpha value is -1.08. The number of rotatable bonds is 6. The Balaban J connectivity index is 2.97. The maximum Gasteiger partial charge on any atom is 0.0170 e. The monoisotopic (exact) mass is 273 g/mol. The highest BCUT2D eigenvalue weighted by molar-refractivity contribution is 5.61. The molecule has 0 aromatic heterocycles. The fraction of sp³-hybridized carbons (Fsp3) is 0.579. The van der Waals surface area contributed by atoms with Crippen LogP contribution in [0.15, 0.2) is 17.7 Å². The van der Waals surface area contributed by atoms with Gasteiger partial charge in [0.25, 0.3) is 0 Å². The van der Waals surface area contributed by atoms with Crippen molar-refractivity contribution in [1.82, 2.24) is 5.32 Å². The van der Waals surface area contributed by atoms with E-state index in [4.69, 9.17) is 0 Å². The average Bonchev–Trinajstić information content (AvgIpc) is 2.30. The molecular formula is C19H31N. The van der Waals surface area contributed by atoms with Crippen LogP contribution in [-0.4, -0.2) is 13.1 Å². The van der Waals surface area contributed by atoms with Crippen LogP contribution in [0.2, 0.25) is 0 Å². The van der Waals surface area contributed by atoms with Crippen molar-refractivity contribution in [1.29, 1.82) is 0 Å². The lowest BCUT2D eigenvalue weighted by molar-refractivity contribution is 0.558. The summed E-state index contributed by atoms with van der Waals surface area (Å²) >= 11 is 0. The van der Waals surface area contributed by atoms with Gasteiger partial charge < -0.3 is 5.32 Å². The van der Waals surface area contributed by atoms with Crippen molar-refractivity contribution in [2.24, 2.45) is 11.8 Å². The molecule has 112 valence electrons. The maximum atomic E-state index is 3.57. The molecule has 1 heteroatoms. The molecule has 1 nitrogen and oxygen atoms in total. The zero-order chi connectivity index (χ0) is 15.3. The minimum Gasteiger partial charge on any atom is -0.313 e. The minimum atomic E-state index is 0.578. The molecule has 0 spiro atoms. The zero-order valence-electron chi connectivity index (χ0n) is 14.3. The summed E-state index contributed by atoms with van der Waals surface area (Å²) in [6, 6.07) is 4.55. The van der Waals surface area contributed by atoms with E-state index in [2.05, 4.69) is 72.0 Å². The highest BCUT2D eigenvalue weighted by Gasteiger charge is 2.07. The summed E-state index contributed by atoms with van der Waals surface area (Å²) in [7, 11) is 0. The van der Waals surface area contributed by atoms with Crippen molar-refractivity contribution in [3.63, 3.8) is 0 Å². The standard InChI is InChI=1S/C19H31N/c1-13(2)11-20-12-18(14(3)4)10-19-16(6)8-15(5)9-17(19)7/h8-10,13-14,20H,11-12H2,1-7H3. The van der Waals surface area contributed by atoms with Crippen LogP contribution in [0.25, 0.3) is 6.08 Å². The van der Waals surface area contributed by atoms with Crippen LogP contribution in [0.5, 0.6) is 0 Å². The Morgan fingerprint density at radius 3 is 2.05 bits per heavy atom. The van der Waals surface area contributed by atoms with Crippen molar-refractivity contribution in [2.75, 3.05) is 13.1 Å². The van der Waals surface area contributed by atoms with Crippen LogP contribution in [0, 0.1) is 32.6 Å². The van der Waals surface area contributed by atoms with E-state index in [-0.39, 0.29) is 0 Å². The van der Waals surface area contributed by atoms with Gasteiger partial charge in [-0.25, -0.2) is 0 Å². The molecule has 0 saturated heterocycles. The molecule has 0 aliphatic rings. The van der Waals surface area contributed by atoms with Crippen LogP contribution in [0.1, 0.15) is 49.9 Å². The average molecular weight is 273 g/mol. The molecule has 0 saturated carbocycles. The lowest BCUT2D eigenvalue weighted by Gasteiger charge is -2.16. The molecule has 1 N–H and O–H groups in total. The summed E-state index contributed by atoms with van der Waals surface area (Å²) in [4.78, 5) is 0. The van der Waals surface area contributed by atoms with Crippen LogP contribution in [0.4, 0.5) is 0 Å². The van der Waals surface area contributed by atoms with E-state index in [1.807, 2.05) is 0 Å². The molecule has 0 radical (unpaired) electrons. The first kappa shape index (κ1) is 17.0. The van der Waals surface area contributed by atoms with Crippen LogP contribution < -0.4 is 5.32 Å². The molecule has 1 aromatic rings. The van der Waals surface area contributed by atoms with Crippen molar-refractivity contribution in [3.05, 3.63) is 40.0 Å². The Bertz CT molecular complexity index is 444. The molecule has 0 unspecified atom stereocenters. The smallest absolute Gasteiger partial charge is 0.0170 e. The van der Waals surface area contributed by atoms with E-state index < -0.39 is 0 Å². The maximum absolute atomic E-state index is 3.57. The Morgan fingerprint density at radius 2 is 1.60 bits per heavy atom. The second-order valence-corrected chi connectivity index (χ2v) is 6.71. The second kappa shape index (κ2) is 7.64. The molecule has 0 amide bonds. The van der Waals surface area contributed by atoms with Gasteiger partial charge >= 0.3 is 0 Å². The summed E-state index contributed by atoms with van der Waals surface area (Å²) < 4.78 is 0. The molecule has 0 heterocycles. The van der Waals surface area contributed by atoms with E-state index in [0.717, 1.165) is 13.1 Å². The fourth-order valence-electron chi connectivity index (χ4n) is 2.53. The van der Waals surface area contributed by atoms with E-state index in [1.54, 1.807) is 0 Å². The van der Waals surface area contributed by atoms with Crippen molar-refractivity contribution in [3.8, 4) is 0 Å². The van der Waals surface area contributed by atoms with Crippen LogP contribution >= 0.6 is 0 Å². The number of nitrogens with one attached hydrogen (secondary N) is 1. The quantitative estimate of drug-likeness (QED) is 0.777. The van der Waals surface area contributed by atoms with Crippen LogP contribution in [-0.2, 0) is 0 Å². The Labute approximate surface area is 125 Å². The van der Waals surface area contributed by atoms with E-state index in [1.165, 1.54) is 27.8 Å². The van der Waals surface area contributed by atoms with Gasteiger partial charge in [0.2, 0.25) is 0 Å². The van der Waals surface area contributed by atoms with Gasteiger partial charge in [0, 0.05) is 6.54 Å². The lowest BCUT2D eigenvalue weighted by atomic mass is 9.94. The highest BCUT2D eigenvalue weighted by Crippen LogP contribution is 2.22. The van der Waals surface area contributed by atoms with Crippen molar-refractivity contribution in [2.45, 2.75) is 48.5 Å². The third kappa shape index (κ3) is 5.13. The molecule has 0 bridgehead atoms. The fourth-order valence-corrected chi connectivity index (χ4v) is 2.53. The predicted molar refractivity (Wildman–Crippen MR) is 91.2 cm³/mol. The molecule has 0 aliphatic carbocycles. The lowest BCUT2D eigenvalue weighted by Crippen LogP contribution is -2.23. The first-order valence-corrected chi connectivity index (χ1v) is 7.80. The molecule has 0 atom stereocenters. The van der Waals surface area contributed by atoms with E-state index in [9.17, 15) is 0 Å². The normalized spacial score (nSPS) is 12.6. The summed E-state index contributed by atoms with van der Waals surface area (Å²) in [5.74, 6) is 1.28. The number of aryl methyl sites for hydroxylation is 3. The van der Waals surface area contributed by atoms with E-state index >= 15 is 0 Å². The van der Waals surface area contributed by atoms with Crippen LogP contribution in [0.3, 0.4) is 0 Å². The van der Waals surface area contributed by atoms with Gasteiger partial charge in [-0.05, 0) is 55.8 Å². The summed E-state index contributed by atoms with van der Waals surface area (Å²) in [5, 5.41) is 3.57. The predicted octanol–water partition coefficient (Wildman–Crippen LogP) is 4.90. The number of benzene rings is 1. The topological polar surface area (TPSA) is 12.0 Å². The highest BCUT2D eigenvalue weighted by atomic mass is 14.9. The molecule has 0 aliphatic heterocycles. The molecule has 0 fully saturated rings. The second-order valence-electron chi connectivity index (χ2n) is 6.71. The first-order valence-electron chi connectivity index (χ1n) is 7.80. The van der Waals surface area contributed by atoms with Gasteiger partial charge in [0.15, 0.2) is 0 Å². The van der Waals surface area contributed by atoms with Gasteiger partial charge in [-0.1, -0.05) is 57.0 Å². The first-order chi connectivity index (χ1) is 9.31. The SMILES string of the molecule is Cc1cc(C)c(C=C(CNCC(C)C)C(C)C)c(C)c1. The van der Waals surface area contributed by atoms with Gasteiger partial charge in [0.05, 0.1) is 0 Å². The number of hydrogen-bond donors (Lipinski definition) is 1. The van der Waals surface area contributed by atoms with Gasteiger partial charge in [-0.15, -0.1) is 0 Å². The van der Waals surface area contributed by atoms with Gasteiger partial charge in [-0.3, -0.25) is 0 Å². The van der Waals surface area contributed by atoms with Crippen molar-refractivity contribution >= 4 is 6.08 Å². The molecule has 1 aromatic carbocycles. The number of hydrogen-bond acceptors (Lipinski definition) is 1. The molecular weight excluding hydrogens is 242 g/mol. The minimum absolute atomic E-state index is 0.578. The Morgan fingerprint density at radius 1 is 1.05 bits per heavy atom. The zero-order valence-corrected chi connectivity index (χ0v) is 14.3. The summed E-state index contributed by atoms with van der Waals surface area (Å²) in [6.07, 6.45) is 2.39. The Kier molecular flexibility index (Phi) is 6.48.